The fourth-order valence-electron chi connectivity index (χ4n) is 2.02. The van der Waals surface area contributed by atoms with Gasteiger partial charge in [-0.15, -0.1) is 0 Å². The Morgan fingerprint density at radius 3 is 3.29 bits per heavy atom. The van der Waals surface area contributed by atoms with Crippen LogP contribution in [0.1, 0.15) is 17.7 Å². The average Bonchev–Trinajstić information content (AvgIpc) is 2.59. The number of hydrogen-bond donors (Lipinski definition) is 2. The standard InChI is InChI=1S/C9H14N4O/c1-13-8-3-2-6(9(14)12-10)4-7(8)5-11-13/h5-6H,2-4,10H2,1H3,(H,12,14)/t6-/m0/s1. The second kappa shape index (κ2) is 3.42. The third-order valence-corrected chi connectivity index (χ3v) is 2.86. The molecule has 1 amide bonds. The number of rotatable bonds is 1. The van der Waals surface area contributed by atoms with E-state index < -0.39 is 0 Å². The van der Waals surface area contributed by atoms with Crippen molar-refractivity contribution in [3.05, 3.63) is 17.5 Å². The Morgan fingerprint density at radius 2 is 2.57 bits per heavy atom. The number of amides is 1. The molecule has 0 saturated carbocycles. The number of hydrogen-bond acceptors (Lipinski definition) is 3. The first-order valence-corrected chi connectivity index (χ1v) is 4.72. The number of fused-ring (bicyclic) bond motifs is 1. The lowest BCUT2D eigenvalue weighted by molar-refractivity contribution is -0.125. The molecule has 1 aliphatic carbocycles. The van der Waals surface area contributed by atoms with Crippen LogP contribution in [0.4, 0.5) is 0 Å². The number of carbonyl (C=O) groups is 1. The van der Waals surface area contributed by atoms with Gasteiger partial charge in [-0.3, -0.25) is 14.9 Å². The van der Waals surface area contributed by atoms with E-state index in [0.29, 0.717) is 0 Å². The summed E-state index contributed by atoms with van der Waals surface area (Å²) in [4.78, 5) is 11.3. The highest BCUT2D eigenvalue weighted by Crippen LogP contribution is 2.24. The predicted octanol–water partition coefficient (Wildman–Crippen LogP) is -0.485. The summed E-state index contributed by atoms with van der Waals surface area (Å²) in [5, 5.41) is 4.17. The lowest BCUT2D eigenvalue weighted by atomic mass is 9.87. The summed E-state index contributed by atoms with van der Waals surface area (Å²) in [5.74, 6) is 5.05. The molecule has 5 nitrogen and oxygen atoms in total. The summed E-state index contributed by atoms with van der Waals surface area (Å²) in [6.45, 7) is 0. The van der Waals surface area contributed by atoms with Gasteiger partial charge in [0, 0.05) is 18.7 Å². The van der Waals surface area contributed by atoms with Gasteiger partial charge in [-0.2, -0.15) is 5.10 Å². The van der Waals surface area contributed by atoms with Crippen molar-refractivity contribution in [2.45, 2.75) is 19.3 Å². The van der Waals surface area contributed by atoms with Gasteiger partial charge in [0.15, 0.2) is 0 Å². The van der Waals surface area contributed by atoms with E-state index >= 15 is 0 Å². The van der Waals surface area contributed by atoms with Crippen molar-refractivity contribution in [1.29, 1.82) is 0 Å². The quantitative estimate of drug-likeness (QED) is 0.360. The summed E-state index contributed by atoms with van der Waals surface area (Å²) in [5.41, 5.74) is 4.62. The van der Waals surface area contributed by atoms with Gasteiger partial charge in [0.05, 0.1) is 6.20 Å². The number of hydrazine groups is 1. The van der Waals surface area contributed by atoms with Gasteiger partial charge < -0.3 is 0 Å². The van der Waals surface area contributed by atoms with Crippen molar-refractivity contribution in [2.75, 3.05) is 0 Å². The molecule has 0 radical (unpaired) electrons. The van der Waals surface area contributed by atoms with Gasteiger partial charge in [-0.25, -0.2) is 5.84 Å². The third-order valence-electron chi connectivity index (χ3n) is 2.86. The van der Waals surface area contributed by atoms with Gasteiger partial charge in [-0.1, -0.05) is 0 Å². The van der Waals surface area contributed by atoms with Gasteiger partial charge in [0.1, 0.15) is 0 Å². The van der Waals surface area contributed by atoms with Crippen molar-refractivity contribution in [3.63, 3.8) is 0 Å². The Bertz CT molecular complexity index is 358. The normalized spacial score (nSPS) is 20.3. The zero-order chi connectivity index (χ0) is 10.1. The Kier molecular flexibility index (Phi) is 2.25. The van der Waals surface area contributed by atoms with Crippen LogP contribution in [-0.2, 0) is 24.7 Å². The summed E-state index contributed by atoms with van der Waals surface area (Å²) < 4.78 is 1.88. The van der Waals surface area contributed by atoms with Crippen molar-refractivity contribution < 1.29 is 4.79 Å². The van der Waals surface area contributed by atoms with E-state index in [4.69, 9.17) is 5.84 Å². The molecule has 0 saturated heterocycles. The minimum Gasteiger partial charge on any atom is -0.294 e. The summed E-state index contributed by atoms with van der Waals surface area (Å²) in [6, 6.07) is 0. The van der Waals surface area contributed by atoms with Crippen LogP contribution in [0.5, 0.6) is 0 Å². The van der Waals surface area contributed by atoms with Crippen LogP contribution in [-0.4, -0.2) is 15.7 Å². The smallest absolute Gasteiger partial charge is 0.237 e. The van der Waals surface area contributed by atoms with E-state index in [9.17, 15) is 4.79 Å². The van der Waals surface area contributed by atoms with E-state index in [-0.39, 0.29) is 11.8 Å². The molecule has 1 atom stereocenters. The van der Waals surface area contributed by atoms with E-state index in [1.807, 2.05) is 17.9 Å². The molecule has 0 aromatic carbocycles. The molecule has 0 bridgehead atoms. The van der Waals surface area contributed by atoms with E-state index in [1.54, 1.807) is 0 Å². The fourth-order valence-corrected chi connectivity index (χ4v) is 2.02. The lowest BCUT2D eigenvalue weighted by Gasteiger charge is -2.20. The van der Waals surface area contributed by atoms with Crippen molar-refractivity contribution >= 4 is 5.91 Å². The Hall–Kier alpha value is -1.36. The third kappa shape index (κ3) is 1.39. The molecule has 0 fully saturated rings. The number of nitrogens with one attached hydrogen (secondary N) is 1. The first kappa shape index (κ1) is 9.21. The lowest BCUT2D eigenvalue weighted by Crippen LogP contribution is -2.38. The van der Waals surface area contributed by atoms with Gasteiger partial charge in [0.25, 0.3) is 0 Å². The van der Waals surface area contributed by atoms with E-state index in [1.165, 1.54) is 11.3 Å². The first-order chi connectivity index (χ1) is 6.72. The molecule has 1 heterocycles. The van der Waals surface area contributed by atoms with Crippen LogP contribution in [0, 0.1) is 5.92 Å². The Labute approximate surface area is 82.2 Å². The van der Waals surface area contributed by atoms with Gasteiger partial charge in [-0.05, 0) is 24.8 Å². The maximum Gasteiger partial charge on any atom is 0.237 e. The number of aromatic nitrogens is 2. The van der Waals surface area contributed by atoms with Crippen LogP contribution in [0.3, 0.4) is 0 Å². The molecule has 3 N–H and O–H groups in total. The van der Waals surface area contributed by atoms with Crippen LogP contribution in [0.15, 0.2) is 6.20 Å². The highest BCUT2D eigenvalue weighted by molar-refractivity contribution is 5.78. The van der Waals surface area contributed by atoms with Crippen molar-refractivity contribution in [2.24, 2.45) is 18.8 Å². The van der Waals surface area contributed by atoms with Crippen molar-refractivity contribution in [1.82, 2.24) is 15.2 Å². The number of nitrogens with zero attached hydrogens (tertiary/aromatic N) is 2. The molecular weight excluding hydrogens is 180 g/mol. The number of aryl methyl sites for hydroxylation is 1. The van der Waals surface area contributed by atoms with Crippen LogP contribution >= 0.6 is 0 Å². The minimum atomic E-state index is -0.0699. The number of nitrogens with two attached hydrogens (primary N) is 1. The Balaban J connectivity index is 2.18. The monoisotopic (exact) mass is 194 g/mol. The predicted molar refractivity (Wildman–Crippen MR) is 51.1 cm³/mol. The highest BCUT2D eigenvalue weighted by atomic mass is 16.2. The van der Waals surface area contributed by atoms with Crippen LogP contribution in [0.2, 0.25) is 0 Å². The second-order valence-electron chi connectivity index (χ2n) is 3.69. The maximum absolute atomic E-state index is 11.3. The second-order valence-corrected chi connectivity index (χ2v) is 3.69. The molecule has 2 rings (SSSR count). The molecule has 1 aliphatic rings. The number of carbonyl (C=O) groups excluding carboxylic acids is 1. The van der Waals surface area contributed by atoms with Gasteiger partial charge in [0.2, 0.25) is 5.91 Å². The molecule has 5 heteroatoms. The highest BCUT2D eigenvalue weighted by Gasteiger charge is 2.25. The molecule has 1 aromatic rings. The summed E-state index contributed by atoms with van der Waals surface area (Å²) in [7, 11) is 1.93. The first-order valence-electron chi connectivity index (χ1n) is 4.72. The van der Waals surface area contributed by atoms with Gasteiger partial charge >= 0.3 is 0 Å². The molecule has 0 aliphatic heterocycles. The van der Waals surface area contributed by atoms with E-state index in [0.717, 1.165) is 19.3 Å². The zero-order valence-electron chi connectivity index (χ0n) is 8.16. The maximum atomic E-state index is 11.3. The minimum absolute atomic E-state index is 0.0108. The SMILES string of the molecule is Cn1ncc2c1CC[C@H](C(=O)NN)C2. The zero-order valence-corrected chi connectivity index (χ0v) is 8.16. The Morgan fingerprint density at radius 1 is 1.79 bits per heavy atom. The largest absolute Gasteiger partial charge is 0.294 e. The molecular formula is C9H14N4O. The summed E-state index contributed by atoms with van der Waals surface area (Å²) >= 11 is 0. The van der Waals surface area contributed by atoms with Crippen LogP contribution in [0.25, 0.3) is 0 Å². The summed E-state index contributed by atoms with van der Waals surface area (Å²) in [6.07, 6.45) is 4.36. The average molecular weight is 194 g/mol. The van der Waals surface area contributed by atoms with Crippen molar-refractivity contribution in [3.8, 4) is 0 Å². The van der Waals surface area contributed by atoms with E-state index in [2.05, 4.69) is 10.5 Å². The topological polar surface area (TPSA) is 72.9 Å². The molecule has 1 aromatic heterocycles. The van der Waals surface area contributed by atoms with Crippen LogP contribution < -0.4 is 11.3 Å². The fraction of sp³-hybridized carbons (Fsp3) is 0.556. The molecule has 0 unspecified atom stereocenters. The molecule has 76 valence electrons. The molecule has 0 spiro atoms. The molecule has 14 heavy (non-hydrogen) atoms.